The van der Waals surface area contributed by atoms with Crippen LogP contribution >= 0.6 is 0 Å². The maximum Gasteiger partial charge on any atom is 0.314 e. The molecule has 7 nitrogen and oxygen atoms in total. The Hall–Kier alpha value is -1.60. The Morgan fingerprint density at radius 3 is 2.96 bits per heavy atom. The summed E-state index contributed by atoms with van der Waals surface area (Å²) in [6, 6.07) is -0.420. The predicted octanol–water partition coefficient (Wildman–Crippen LogP) is 1.22. The maximum atomic E-state index is 11.5. The number of carbonyl (C=O) groups excluding carboxylic acids is 1. The van der Waals surface area contributed by atoms with Crippen molar-refractivity contribution in [1.82, 2.24) is 14.5 Å². The normalized spacial score (nSPS) is 21.2. The number of methoxy groups -OCH3 is 1. The van der Waals surface area contributed by atoms with Crippen LogP contribution < -0.4 is 5.73 Å². The molecule has 7 heteroatoms. The molecular weight excluding hydrogens is 296 g/mol. The average molecular weight is 324 g/mol. The van der Waals surface area contributed by atoms with E-state index in [0.717, 1.165) is 25.7 Å². The zero-order valence-electron chi connectivity index (χ0n) is 14.1. The van der Waals surface area contributed by atoms with Gasteiger partial charge in [-0.25, -0.2) is 9.78 Å². The molecule has 0 saturated carbocycles. The van der Waals surface area contributed by atoms with Crippen LogP contribution in [-0.2, 0) is 17.4 Å². The molecule has 23 heavy (non-hydrogen) atoms. The highest BCUT2D eigenvalue weighted by Gasteiger charge is 2.43. The first-order chi connectivity index (χ1) is 11.0. The number of urea groups is 1. The molecule has 130 valence electrons. The molecule has 2 atom stereocenters. The van der Waals surface area contributed by atoms with Crippen LogP contribution in [-0.4, -0.2) is 52.4 Å². The van der Waals surface area contributed by atoms with Crippen molar-refractivity contribution in [2.75, 3.05) is 26.8 Å². The number of carbonyl (C=O) groups is 1. The molecule has 2 rings (SSSR count). The van der Waals surface area contributed by atoms with Crippen LogP contribution in [0.25, 0.3) is 0 Å². The van der Waals surface area contributed by atoms with Gasteiger partial charge in [-0.3, -0.25) is 0 Å². The summed E-state index contributed by atoms with van der Waals surface area (Å²) < 4.78 is 6.95. The first-order valence-corrected chi connectivity index (χ1v) is 8.22. The Balaban J connectivity index is 2.19. The van der Waals surface area contributed by atoms with Crippen LogP contribution in [0.5, 0.6) is 0 Å². The lowest BCUT2D eigenvalue weighted by molar-refractivity contribution is -0.0645. The minimum absolute atomic E-state index is 0.0626. The third kappa shape index (κ3) is 4.03. The number of aromatic nitrogens is 2. The van der Waals surface area contributed by atoms with E-state index in [0.29, 0.717) is 31.9 Å². The molecule has 0 radical (unpaired) electrons. The van der Waals surface area contributed by atoms with Gasteiger partial charge >= 0.3 is 6.03 Å². The van der Waals surface area contributed by atoms with Crippen LogP contribution in [0.4, 0.5) is 4.79 Å². The molecule has 2 heterocycles. The topological polar surface area (TPSA) is 93.6 Å². The highest BCUT2D eigenvalue weighted by atomic mass is 16.5. The minimum Gasteiger partial charge on any atom is -0.385 e. The van der Waals surface area contributed by atoms with Crippen molar-refractivity contribution in [2.45, 2.75) is 37.7 Å². The predicted molar refractivity (Wildman–Crippen MR) is 86.7 cm³/mol. The van der Waals surface area contributed by atoms with E-state index in [1.165, 1.54) is 0 Å². The third-order valence-corrected chi connectivity index (χ3v) is 4.77. The summed E-state index contributed by atoms with van der Waals surface area (Å²) in [5.74, 6) is 0.596. The minimum atomic E-state index is -1.06. The summed E-state index contributed by atoms with van der Waals surface area (Å²) in [5, 5.41) is 11.5. The zero-order valence-corrected chi connectivity index (χ0v) is 14.1. The number of piperidine rings is 1. The van der Waals surface area contributed by atoms with Crippen molar-refractivity contribution in [3.8, 4) is 0 Å². The molecule has 0 bridgehead atoms. The highest BCUT2D eigenvalue weighted by Crippen LogP contribution is 2.38. The van der Waals surface area contributed by atoms with Crippen LogP contribution in [0.15, 0.2) is 12.4 Å². The fourth-order valence-corrected chi connectivity index (χ4v) is 3.49. The smallest absolute Gasteiger partial charge is 0.314 e. The number of aryl methyl sites for hydroxylation is 1. The molecule has 1 aromatic heterocycles. The second-order valence-corrected chi connectivity index (χ2v) is 6.36. The molecule has 1 aliphatic rings. The van der Waals surface area contributed by atoms with E-state index < -0.39 is 11.6 Å². The van der Waals surface area contributed by atoms with Crippen LogP contribution in [0.3, 0.4) is 0 Å². The number of aliphatic hydroxyl groups is 1. The van der Waals surface area contributed by atoms with Gasteiger partial charge in [-0.2, -0.15) is 0 Å². The average Bonchev–Trinajstić information content (AvgIpc) is 2.98. The number of likely N-dealkylation sites (tertiary alicyclic amines) is 1. The molecule has 0 spiro atoms. The number of nitrogens with two attached hydrogens (primary N) is 1. The number of ether oxygens (including phenoxy) is 1. The van der Waals surface area contributed by atoms with E-state index in [1.807, 2.05) is 17.8 Å². The molecule has 3 N–H and O–H groups in total. The second kappa shape index (κ2) is 7.79. The van der Waals surface area contributed by atoms with E-state index in [4.69, 9.17) is 10.5 Å². The van der Waals surface area contributed by atoms with Crippen molar-refractivity contribution >= 4 is 6.03 Å². The number of primary amides is 1. The standard InChI is InChI=1S/C16H28N4O3/c1-19-10-8-18-14(19)16(22,7-3-4-11-23-2)13-6-5-9-20(12-13)15(17)21/h8,10,13,22H,3-7,9,11-12H2,1-2H3,(H2,17,21). The Kier molecular flexibility index (Phi) is 6.01. The summed E-state index contributed by atoms with van der Waals surface area (Å²) >= 11 is 0. The summed E-state index contributed by atoms with van der Waals surface area (Å²) in [6.07, 6.45) is 7.56. The van der Waals surface area contributed by atoms with Crippen molar-refractivity contribution in [3.05, 3.63) is 18.2 Å². The molecule has 1 aliphatic heterocycles. The van der Waals surface area contributed by atoms with Gasteiger partial charge in [0.2, 0.25) is 0 Å². The maximum absolute atomic E-state index is 11.5. The number of rotatable bonds is 7. The lowest BCUT2D eigenvalue weighted by atomic mass is 9.77. The Morgan fingerprint density at radius 2 is 2.35 bits per heavy atom. The summed E-state index contributed by atoms with van der Waals surface area (Å²) in [7, 11) is 3.56. The molecule has 0 aromatic carbocycles. The molecule has 1 fully saturated rings. The number of hydrogen-bond acceptors (Lipinski definition) is 4. The van der Waals surface area contributed by atoms with E-state index in [-0.39, 0.29) is 5.92 Å². The molecule has 1 saturated heterocycles. The second-order valence-electron chi connectivity index (χ2n) is 6.36. The Bertz CT molecular complexity index is 519. The number of nitrogens with zero attached hydrogens (tertiary/aromatic N) is 3. The fourth-order valence-electron chi connectivity index (χ4n) is 3.49. The number of hydrogen-bond donors (Lipinski definition) is 2. The van der Waals surface area contributed by atoms with Crippen LogP contribution in [0.2, 0.25) is 0 Å². The van der Waals surface area contributed by atoms with Crippen molar-refractivity contribution in [1.29, 1.82) is 0 Å². The van der Waals surface area contributed by atoms with Gasteiger partial charge in [0, 0.05) is 52.2 Å². The van der Waals surface area contributed by atoms with Crippen LogP contribution in [0, 0.1) is 5.92 Å². The molecule has 1 aromatic rings. The number of unbranched alkanes of at least 4 members (excludes halogenated alkanes) is 1. The molecule has 0 aliphatic carbocycles. The lowest BCUT2D eigenvalue weighted by Gasteiger charge is -2.41. The number of imidazole rings is 1. The largest absolute Gasteiger partial charge is 0.385 e. The van der Waals surface area contributed by atoms with Gasteiger partial charge in [0.15, 0.2) is 0 Å². The van der Waals surface area contributed by atoms with Crippen molar-refractivity contribution < 1.29 is 14.6 Å². The van der Waals surface area contributed by atoms with Crippen molar-refractivity contribution in [2.24, 2.45) is 18.7 Å². The first-order valence-electron chi connectivity index (χ1n) is 8.22. The third-order valence-electron chi connectivity index (χ3n) is 4.77. The Labute approximate surface area is 137 Å². The molecule has 2 amide bonds. The summed E-state index contributed by atoms with van der Waals surface area (Å²) in [5.41, 5.74) is 4.37. The van der Waals surface area contributed by atoms with Crippen molar-refractivity contribution in [3.63, 3.8) is 0 Å². The first kappa shape index (κ1) is 17.7. The van der Waals surface area contributed by atoms with Gasteiger partial charge in [-0.15, -0.1) is 0 Å². The quantitative estimate of drug-likeness (QED) is 0.737. The zero-order chi connectivity index (χ0) is 16.9. The molecular formula is C16H28N4O3. The van der Waals surface area contributed by atoms with Gasteiger partial charge in [0.05, 0.1) is 0 Å². The van der Waals surface area contributed by atoms with Gasteiger partial charge in [-0.05, 0) is 32.1 Å². The lowest BCUT2D eigenvalue weighted by Crippen LogP contribution is -2.50. The van der Waals surface area contributed by atoms with E-state index >= 15 is 0 Å². The van der Waals surface area contributed by atoms with Gasteiger partial charge in [-0.1, -0.05) is 0 Å². The summed E-state index contributed by atoms with van der Waals surface area (Å²) in [6.45, 7) is 1.81. The summed E-state index contributed by atoms with van der Waals surface area (Å²) in [4.78, 5) is 17.5. The fraction of sp³-hybridized carbons (Fsp3) is 0.750. The van der Waals surface area contributed by atoms with Gasteiger partial charge in [0.1, 0.15) is 11.4 Å². The van der Waals surface area contributed by atoms with Gasteiger partial charge in [0.25, 0.3) is 0 Å². The van der Waals surface area contributed by atoms with E-state index in [1.54, 1.807) is 18.2 Å². The highest BCUT2D eigenvalue weighted by molar-refractivity contribution is 5.72. The van der Waals surface area contributed by atoms with Gasteiger partial charge < -0.3 is 25.0 Å². The number of amides is 2. The van der Waals surface area contributed by atoms with Crippen LogP contribution in [0.1, 0.15) is 37.9 Å². The monoisotopic (exact) mass is 324 g/mol. The van der Waals surface area contributed by atoms with E-state index in [9.17, 15) is 9.90 Å². The SMILES string of the molecule is COCCCCC(O)(c1nccn1C)C1CCCN(C(N)=O)C1. The molecule has 2 unspecified atom stereocenters. The van der Waals surface area contributed by atoms with E-state index in [2.05, 4.69) is 4.98 Å². The Morgan fingerprint density at radius 1 is 1.57 bits per heavy atom.